The highest BCUT2D eigenvalue weighted by atomic mass is 32.1. The largest absolute Gasteiger partial charge is 0.418 e. The molecule has 2 aromatic heterocycles. The van der Waals surface area contributed by atoms with Crippen LogP contribution < -0.4 is 4.80 Å². The van der Waals surface area contributed by atoms with Gasteiger partial charge in [0.1, 0.15) is 0 Å². The van der Waals surface area contributed by atoms with Gasteiger partial charge in [-0.25, -0.2) is 9.67 Å². The molecule has 0 unspecified atom stereocenters. The third kappa shape index (κ3) is 4.38. The zero-order valence-electron chi connectivity index (χ0n) is 15.5. The highest BCUT2D eigenvalue weighted by Gasteiger charge is 2.33. The second-order valence-corrected chi connectivity index (χ2v) is 7.04. The number of thiazole rings is 1. The summed E-state index contributed by atoms with van der Waals surface area (Å²) in [4.78, 5) is 8.81. The van der Waals surface area contributed by atoms with Gasteiger partial charge in [0.2, 0.25) is 4.80 Å². The molecule has 4 nitrogen and oxygen atoms in total. The minimum absolute atomic E-state index is 0.159. The van der Waals surface area contributed by atoms with Gasteiger partial charge in [-0.05, 0) is 24.3 Å². The molecule has 0 aliphatic carbocycles. The van der Waals surface area contributed by atoms with Crippen molar-refractivity contribution in [1.82, 2.24) is 9.66 Å². The Kier molecular flexibility index (Phi) is 5.58. The molecule has 0 N–H and O–H groups in total. The molecule has 0 amide bonds. The maximum Gasteiger partial charge on any atom is 0.418 e. The summed E-state index contributed by atoms with van der Waals surface area (Å²) in [5, 5.41) is 6.28. The molecule has 0 saturated heterocycles. The lowest BCUT2D eigenvalue weighted by Gasteiger charge is -2.09. The highest BCUT2D eigenvalue weighted by molar-refractivity contribution is 7.07. The van der Waals surface area contributed by atoms with E-state index in [0.29, 0.717) is 10.5 Å². The molecule has 0 bridgehead atoms. The number of hydrogen-bond acceptors (Lipinski definition) is 4. The Morgan fingerprint density at radius 3 is 2.37 bits per heavy atom. The minimum atomic E-state index is -4.50. The maximum absolute atomic E-state index is 13.4. The fourth-order valence-electron chi connectivity index (χ4n) is 2.78. The number of alkyl halides is 3. The third-order valence-corrected chi connectivity index (χ3v) is 4.99. The zero-order valence-corrected chi connectivity index (χ0v) is 16.3. The molecule has 2 heterocycles. The summed E-state index contributed by atoms with van der Waals surface area (Å²) in [6.07, 6.45) is -1.31. The Bertz CT molecular complexity index is 1230. The first-order valence-electron chi connectivity index (χ1n) is 8.95. The van der Waals surface area contributed by atoms with Crippen LogP contribution >= 0.6 is 11.3 Å². The Balaban J connectivity index is 1.88. The van der Waals surface area contributed by atoms with Gasteiger partial charge in [0, 0.05) is 17.1 Å². The lowest BCUT2D eigenvalue weighted by molar-refractivity contribution is -0.137. The van der Waals surface area contributed by atoms with Crippen molar-refractivity contribution in [3.05, 3.63) is 100 Å². The average molecular weight is 424 g/mol. The zero-order chi connectivity index (χ0) is 21.0. The van der Waals surface area contributed by atoms with E-state index >= 15 is 0 Å². The van der Waals surface area contributed by atoms with Crippen molar-refractivity contribution in [2.75, 3.05) is 0 Å². The van der Waals surface area contributed by atoms with Crippen molar-refractivity contribution in [1.29, 1.82) is 0 Å². The average Bonchev–Trinajstić information content (AvgIpc) is 3.15. The number of halogens is 3. The van der Waals surface area contributed by atoms with Gasteiger partial charge in [0.15, 0.2) is 0 Å². The molecule has 30 heavy (non-hydrogen) atoms. The number of rotatable bonds is 4. The van der Waals surface area contributed by atoms with Gasteiger partial charge in [0.25, 0.3) is 0 Å². The van der Waals surface area contributed by atoms with Crippen LogP contribution in [0.15, 0.2) is 94.5 Å². The molecule has 0 aliphatic rings. The van der Waals surface area contributed by atoms with E-state index < -0.39 is 11.7 Å². The van der Waals surface area contributed by atoms with Gasteiger partial charge >= 0.3 is 6.18 Å². The Morgan fingerprint density at radius 1 is 0.900 bits per heavy atom. The van der Waals surface area contributed by atoms with E-state index in [1.54, 1.807) is 24.5 Å². The molecule has 0 spiro atoms. The van der Waals surface area contributed by atoms with Crippen molar-refractivity contribution in [3.63, 3.8) is 0 Å². The van der Waals surface area contributed by atoms with Gasteiger partial charge in [0.05, 0.1) is 28.9 Å². The summed E-state index contributed by atoms with van der Waals surface area (Å²) in [5.74, 6) is 0. The normalized spacial score (nSPS) is 12.6. The first-order chi connectivity index (χ1) is 14.5. The van der Waals surface area contributed by atoms with Gasteiger partial charge in [-0.15, -0.1) is 11.3 Å². The van der Waals surface area contributed by atoms with Crippen molar-refractivity contribution in [2.24, 2.45) is 10.1 Å². The van der Waals surface area contributed by atoms with Gasteiger partial charge in [-0.3, -0.25) is 4.98 Å². The van der Waals surface area contributed by atoms with Crippen molar-refractivity contribution in [2.45, 2.75) is 6.18 Å². The molecule has 0 atom stereocenters. The molecular formula is C22H15F3N4S. The van der Waals surface area contributed by atoms with E-state index in [0.717, 1.165) is 17.3 Å². The summed E-state index contributed by atoms with van der Waals surface area (Å²) in [7, 11) is 0. The Hall–Kier alpha value is -3.52. The van der Waals surface area contributed by atoms with Gasteiger partial charge in [-0.1, -0.05) is 48.5 Å². The van der Waals surface area contributed by atoms with E-state index in [2.05, 4.69) is 15.1 Å². The fourth-order valence-corrected chi connectivity index (χ4v) is 3.63. The molecular weight excluding hydrogens is 409 g/mol. The molecule has 150 valence electrons. The molecule has 0 fully saturated rings. The van der Waals surface area contributed by atoms with Crippen LogP contribution in [0.2, 0.25) is 0 Å². The standard InChI is InChI=1S/C22H15F3N4S/c23-22(24,25)18-11-4-5-12-19(18)28-21-29(27-14-17-10-6-7-13-26-17)20(15-30-21)16-8-2-1-3-9-16/h1-15H/b27-14-,28-21?. The first kappa shape index (κ1) is 19.8. The Labute approximate surface area is 174 Å². The van der Waals surface area contributed by atoms with Crippen LogP contribution in [0.4, 0.5) is 18.9 Å². The van der Waals surface area contributed by atoms with Gasteiger partial charge < -0.3 is 0 Å². The highest BCUT2D eigenvalue weighted by Crippen LogP contribution is 2.35. The molecule has 4 rings (SSSR count). The molecule has 8 heteroatoms. The van der Waals surface area contributed by atoms with Crippen molar-refractivity contribution in [3.8, 4) is 11.3 Å². The van der Waals surface area contributed by atoms with Crippen LogP contribution in [0.3, 0.4) is 0 Å². The number of aromatic nitrogens is 2. The summed E-state index contributed by atoms with van der Waals surface area (Å²) < 4.78 is 41.7. The number of pyridine rings is 1. The first-order valence-corrected chi connectivity index (χ1v) is 9.82. The topological polar surface area (TPSA) is 42.5 Å². The quantitative estimate of drug-likeness (QED) is 0.385. The van der Waals surface area contributed by atoms with E-state index in [4.69, 9.17) is 0 Å². The molecule has 0 aliphatic heterocycles. The minimum Gasteiger partial charge on any atom is -0.255 e. The maximum atomic E-state index is 13.4. The number of benzene rings is 2. The van der Waals surface area contributed by atoms with Crippen molar-refractivity contribution < 1.29 is 13.2 Å². The molecule has 4 aromatic rings. The van der Waals surface area contributed by atoms with Crippen LogP contribution in [-0.4, -0.2) is 15.9 Å². The lowest BCUT2D eigenvalue weighted by atomic mass is 10.2. The van der Waals surface area contributed by atoms with Crippen LogP contribution in [0.5, 0.6) is 0 Å². The summed E-state index contributed by atoms with van der Waals surface area (Å²) in [6.45, 7) is 0. The van der Waals surface area contributed by atoms with Gasteiger partial charge in [-0.2, -0.15) is 18.3 Å². The number of nitrogens with zero attached hydrogens (tertiary/aromatic N) is 4. The molecule has 0 saturated carbocycles. The smallest absolute Gasteiger partial charge is 0.255 e. The van der Waals surface area contributed by atoms with E-state index in [-0.39, 0.29) is 5.69 Å². The SMILES string of the molecule is FC(F)(F)c1ccccc1N=c1scc(-c2ccccc2)n1/N=C\c1ccccn1. The number of hydrogen-bond donors (Lipinski definition) is 0. The van der Waals surface area contributed by atoms with E-state index in [1.165, 1.54) is 34.2 Å². The van der Waals surface area contributed by atoms with E-state index in [1.807, 2.05) is 41.8 Å². The Morgan fingerprint density at radius 2 is 1.63 bits per heavy atom. The predicted molar refractivity (Wildman–Crippen MR) is 112 cm³/mol. The molecule has 2 aromatic carbocycles. The lowest BCUT2D eigenvalue weighted by Crippen LogP contribution is -2.13. The summed E-state index contributed by atoms with van der Waals surface area (Å²) >= 11 is 1.22. The molecule has 0 radical (unpaired) electrons. The van der Waals surface area contributed by atoms with Crippen molar-refractivity contribution >= 4 is 23.2 Å². The second kappa shape index (κ2) is 8.46. The summed E-state index contributed by atoms with van der Waals surface area (Å²) in [5.41, 5.74) is 1.26. The van der Waals surface area contributed by atoms with E-state index in [9.17, 15) is 13.2 Å². The van der Waals surface area contributed by atoms with Crippen LogP contribution in [-0.2, 0) is 6.18 Å². The second-order valence-electron chi connectivity index (χ2n) is 6.21. The van der Waals surface area contributed by atoms with Crippen LogP contribution in [0.25, 0.3) is 11.3 Å². The van der Waals surface area contributed by atoms with Crippen LogP contribution in [0, 0.1) is 0 Å². The fraction of sp³-hybridized carbons (Fsp3) is 0.0455. The monoisotopic (exact) mass is 424 g/mol. The third-order valence-electron chi connectivity index (χ3n) is 4.17. The number of para-hydroxylation sites is 1. The predicted octanol–water partition coefficient (Wildman–Crippen LogP) is 5.75. The summed E-state index contributed by atoms with van der Waals surface area (Å²) in [6, 6.07) is 20.1. The van der Waals surface area contributed by atoms with Crippen LogP contribution in [0.1, 0.15) is 11.3 Å².